The number of nitrogens with one attached hydrogen (secondary N) is 3. The molecule has 0 atom stereocenters. The minimum Gasteiger partial charge on any atom is -0.351 e. The molecule has 0 saturated heterocycles. The SMILES string of the molecule is Cc1nc(NC(=O)Nc2ccc(F)cc2)sc1C(=O)NCCC(C)C. The number of halogens is 1. The lowest BCUT2D eigenvalue weighted by Gasteiger charge is -2.06. The first-order valence-electron chi connectivity index (χ1n) is 7.94. The van der Waals surface area contributed by atoms with Crippen molar-refractivity contribution in [3.63, 3.8) is 0 Å². The van der Waals surface area contributed by atoms with Gasteiger partial charge in [0, 0.05) is 12.2 Å². The number of thiazole rings is 1. The topological polar surface area (TPSA) is 83.1 Å². The van der Waals surface area contributed by atoms with Crippen LogP contribution in [-0.4, -0.2) is 23.5 Å². The van der Waals surface area contributed by atoms with E-state index in [-0.39, 0.29) is 11.7 Å². The van der Waals surface area contributed by atoms with E-state index in [4.69, 9.17) is 0 Å². The zero-order chi connectivity index (χ0) is 18.4. The van der Waals surface area contributed by atoms with E-state index in [2.05, 4.69) is 34.8 Å². The van der Waals surface area contributed by atoms with E-state index in [1.807, 2.05) is 0 Å². The first kappa shape index (κ1) is 18.9. The van der Waals surface area contributed by atoms with Gasteiger partial charge in [-0.05, 0) is 43.5 Å². The van der Waals surface area contributed by atoms with Gasteiger partial charge in [-0.1, -0.05) is 25.2 Å². The fraction of sp³-hybridized carbons (Fsp3) is 0.353. The predicted octanol–water partition coefficient (Wildman–Crippen LogP) is 4.01. The van der Waals surface area contributed by atoms with Gasteiger partial charge in [0.15, 0.2) is 5.13 Å². The second-order valence-electron chi connectivity index (χ2n) is 5.96. The summed E-state index contributed by atoms with van der Waals surface area (Å²) in [6.07, 6.45) is 0.898. The molecule has 0 aliphatic carbocycles. The second-order valence-corrected chi connectivity index (χ2v) is 6.96. The number of aromatic nitrogens is 1. The normalized spacial score (nSPS) is 10.6. The number of hydrogen-bond acceptors (Lipinski definition) is 4. The maximum absolute atomic E-state index is 12.9. The fourth-order valence-corrected chi connectivity index (χ4v) is 2.89. The Balaban J connectivity index is 1.93. The van der Waals surface area contributed by atoms with Crippen molar-refractivity contribution in [2.75, 3.05) is 17.2 Å². The molecule has 134 valence electrons. The van der Waals surface area contributed by atoms with Crippen molar-refractivity contribution in [1.29, 1.82) is 0 Å². The number of carbonyl (C=O) groups is 2. The highest BCUT2D eigenvalue weighted by atomic mass is 32.1. The number of rotatable bonds is 6. The van der Waals surface area contributed by atoms with Gasteiger partial charge in [0.25, 0.3) is 5.91 Å². The monoisotopic (exact) mass is 364 g/mol. The summed E-state index contributed by atoms with van der Waals surface area (Å²) in [4.78, 5) is 28.8. The molecule has 6 nitrogen and oxygen atoms in total. The van der Waals surface area contributed by atoms with Gasteiger partial charge < -0.3 is 10.6 Å². The van der Waals surface area contributed by atoms with Gasteiger partial charge in [0.1, 0.15) is 10.7 Å². The van der Waals surface area contributed by atoms with Crippen LogP contribution in [0, 0.1) is 18.7 Å². The van der Waals surface area contributed by atoms with Gasteiger partial charge in [-0.2, -0.15) is 0 Å². The summed E-state index contributed by atoms with van der Waals surface area (Å²) >= 11 is 1.11. The van der Waals surface area contributed by atoms with Crippen LogP contribution in [0.2, 0.25) is 0 Å². The average Bonchev–Trinajstić information content (AvgIpc) is 2.89. The predicted molar refractivity (Wildman–Crippen MR) is 97.7 cm³/mol. The van der Waals surface area contributed by atoms with Gasteiger partial charge in [0.2, 0.25) is 0 Å². The lowest BCUT2D eigenvalue weighted by atomic mass is 10.1. The highest BCUT2D eigenvalue weighted by molar-refractivity contribution is 7.17. The second kappa shape index (κ2) is 8.57. The third-order valence-electron chi connectivity index (χ3n) is 3.33. The summed E-state index contributed by atoms with van der Waals surface area (Å²) in [7, 11) is 0. The smallest absolute Gasteiger partial charge is 0.325 e. The fourth-order valence-electron chi connectivity index (χ4n) is 2.01. The molecule has 0 unspecified atom stereocenters. The third-order valence-corrected chi connectivity index (χ3v) is 4.40. The van der Waals surface area contributed by atoms with Gasteiger partial charge >= 0.3 is 6.03 Å². The largest absolute Gasteiger partial charge is 0.351 e. The lowest BCUT2D eigenvalue weighted by molar-refractivity contribution is 0.0955. The Morgan fingerprint density at radius 1 is 1.20 bits per heavy atom. The van der Waals surface area contributed by atoms with Gasteiger partial charge in [-0.15, -0.1) is 0 Å². The standard InChI is InChI=1S/C17H21FN4O2S/c1-10(2)8-9-19-15(23)14-11(3)20-17(25-14)22-16(24)21-13-6-4-12(18)5-7-13/h4-7,10H,8-9H2,1-3H3,(H,19,23)(H2,20,21,22,24). The number of aryl methyl sites for hydroxylation is 1. The average molecular weight is 364 g/mol. The molecule has 2 rings (SSSR count). The minimum absolute atomic E-state index is 0.192. The van der Waals surface area contributed by atoms with E-state index in [0.29, 0.717) is 33.9 Å². The van der Waals surface area contributed by atoms with Crippen molar-refractivity contribution in [3.8, 4) is 0 Å². The number of benzene rings is 1. The summed E-state index contributed by atoms with van der Waals surface area (Å²) in [6.45, 7) is 6.50. The van der Waals surface area contributed by atoms with Crippen molar-refractivity contribution < 1.29 is 14.0 Å². The molecular formula is C17H21FN4O2S. The Bertz CT molecular complexity index is 744. The van der Waals surface area contributed by atoms with E-state index >= 15 is 0 Å². The van der Waals surface area contributed by atoms with Gasteiger partial charge in [-0.25, -0.2) is 14.2 Å². The summed E-state index contributed by atoms with van der Waals surface area (Å²) in [5, 5.41) is 8.33. The Morgan fingerprint density at radius 3 is 2.52 bits per heavy atom. The van der Waals surface area contributed by atoms with Crippen LogP contribution in [0.1, 0.15) is 35.6 Å². The van der Waals surface area contributed by atoms with Crippen LogP contribution in [0.15, 0.2) is 24.3 Å². The molecule has 0 fully saturated rings. The van der Waals surface area contributed by atoms with E-state index in [1.54, 1.807) is 6.92 Å². The van der Waals surface area contributed by atoms with E-state index < -0.39 is 6.03 Å². The van der Waals surface area contributed by atoms with Crippen molar-refractivity contribution in [2.24, 2.45) is 5.92 Å². The quantitative estimate of drug-likeness (QED) is 0.724. The van der Waals surface area contributed by atoms with Crippen molar-refractivity contribution in [3.05, 3.63) is 40.7 Å². The van der Waals surface area contributed by atoms with Crippen LogP contribution in [0.3, 0.4) is 0 Å². The molecule has 3 N–H and O–H groups in total. The molecule has 0 aliphatic heterocycles. The molecular weight excluding hydrogens is 343 g/mol. The molecule has 0 aliphatic rings. The van der Waals surface area contributed by atoms with Crippen LogP contribution in [0.25, 0.3) is 0 Å². The number of nitrogens with zero attached hydrogens (tertiary/aromatic N) is 1. The molecule has 0 saturated carbocycles. The first-order chi connectivity index (χ1) is 11.8. The molecule has 2 aromatic rings. The van der Waals surface area contributed by atoms with Crippen LogP contribution in [-0.2, 0) is 0 Å². The van der Waals surface area contributed by atoms with Crippen molar-refractivity contribution in [1.82, 2.24) is 10.3 Å². The summed E-state index contributed by atoms with van der Waals surface area (Å²) in [5.74, 6) is -0.0625. The van der Waals surface area contributed by atoms with E-state index in [0.717, 1.165) is 17.8 Å². The molecule has 1 heterocycles. The zero-order valence-electron chi connectivity index (χ0n) is 14.4. The molecule has 0 radical (unpaired) electrons. The number of carbonyl (C=O) groups excluding carboxylic acids is 2. The lowest BCUT2D eigenvalue weighted by Crippen LogP contribution is -2.25. The summed E-state index contributed by atoms with van der Waals surface area (Å²) in [6, 6.07) is 4.91. The van der Waals surface area contributed by atoms with Crippen LogP contribution in [0.4, 0.5) is 20.0 Å². The van der Waals surface area contributed by atoms with E-state index in [1.165, 1.54) is 24.3 Å². The highest BCUT2D eigenvalue weighted by Gasteiger charge is 2.16. The molecule has 1 aromatic heterocycles. The maximum atomic E-state index is 12.9. The van der Waals surface area contributed by atoms with E-state index in [9.17, 15) is 14.0 Å². The number of urea groups is 1. The molecule has 0 bridgehead atoms. The zero-order valence-corrected chi connectivity index (χ0v) is 15.2. The Labute approximate surface area is 149 Å². The number of hydrogen-bond donors (Lipinski definition) is 3. The van der Waals surface area contributed by atoms with Gasteiger partial charge in [-0.3, -0.25) is 10.1 Å². The van der Waals surface area contributed by atoms with Gasteiger partial charge in [0.05, 0.1) is 5.69 Å². The van der Waals surface area contributed by atoms with Crippen LogP contribution in [0.5, 0.6) is 0 Å². The Morgan fingerprint density at radius 2 is 1.88 bits per heavy atom. The molecule has 25 heavy (non-hydrogen) atoms. The molecule has 8 heteroatoms. The molecule has 1 aromatic carbocycles. The highest BCUT2D eigenvalue weighted by Crippen LogP contribution is 2.22. The molecule has 0 spiro atoms. The maximum Gasteiger partial charge on any atom is 0.325 e. The van der Waals surface area contributed by atoms with Crippen molar-refractivity contribution in [2.45, 2.75) is 27.2 Å². The molecule has 3 amide bonds. The Hall–Kier alpha value is -2.48. The van der Waals surface area contributed by atoms with Crippen LogP contribution < -0.4 is 16.0 Å². The van der Waals surface area contributed by atoms with Crippen LogP contribution >= 0.6 is 11.3 Å². The van der Waals surface area contributed by atoms with Crippen molar-refractivity contribution >= 4 is 34.1 Å². The number of amides is 3. The summed E-state index contributed by atoms with van der Waals surface area (Å²) in [5.41, 5.74) is 1.02. The summed E-state index contributed by atoms with van der Waals surface area (Å²) < 4.78 is 12.9. The first-order valence-corrected chi connectivity index (χ1v) is 8.76. The minimum atomic E-state index is -0.507. The number of anilines is 2. The third kappa shape index (κ3) is 5.82. The Kier molecular flexibility index (Phi) is 6.46.